The first-order chi connectivity index (χ1) is 7.50. The van der Waals surface area contributed by atoms with Gasteiger partial charge in [0.2, 0.25) is 0 Å². The topological polar surface area (TPSA) is 17.1 Å². The van der Waals surface area contributed by atoms with Crippen LogP contribution in [-0.2, 0) is 11.2 Å². The molecule has 0 fully saturated rings. The summed E-state index contributed by atoms with van der Waals surface area (Å²) < 4.78 is 13.1. The fourth-order valence-electron chi connectivity index (χ4n) is 1.44. The summed E-state index contributed by atoms with van der Waals surface area (Å²) in [7, 11) is 0. The summed E-state index contributed by atoms with van der Waals surface area (Å²) in [4.78, 5) is 11.6. The molecule has 0 unspecified atom stereocenters. The van der Waals surface area contributed by atoms with E-state index in [4.69, 9.17) is 11.6 Å². The number of carbonyl (C=O) groups excluding carboxylic acids is 1. The normalized spacial score (nSPS) is 10.8. The van der Waals surface area contributed by atoms with Gasteiger partial charge in [0.1, 0.15) is 11.6 Å². The first kappa shape index (κ1) is 13.2. The van der Waals surface area contributed by atoms with Gasteiger partial charge in [-0.3, -0.25) is 4.79 Å². The number of carbonyl (C=O) groups is 1. The molecule has 0 aromatic heterocycles. The second-order valence-electron chi connectivity index (χ2n) is 4.36. The minimum atomic E-state index is -0.462. The second kappa shape index (κ2) is 6.00. The Hall–Kier alpha value is -0.890. The van der Waals surface area contributed by atoms with Gasteiger partial charge in [0, 0.05) is 12.8 Å². The smallest absolute Gasteiger partial charge is 0.142 e. The quantitative estimate of drug-likeness (QED) is 0.762. The summed E-state index contributed by atoms with van der Waals surface area (Å²) in [6.45, 7) is 4.14. The molecule has 0 saturated carbocycles. The molecule has 1 nitrogen and oxygen atoms in total. The van der Waals surface area contributed by atoms with Gasteiger partial charge in [-0.25, -0.2) is 4.39 Å². The van der Waals surface area contributed by atoms with Crippen LogP contribution in [-0.4, -0.2) is 5.78 Å². The predicted molar refractivity (Wildman–Crippen MR) is 64.2 cm³/mol. The maximum Gasteiger partial charge on any atom is 0.142 e. The number of hydrogen-bond donors (Lipinski definition) is 0. The molecule has 1 aromatic carbocycles. The third-order valence-corrected chi connectivity index (χ3v) is 2.84. The fourth-order valence-corrected chi connectivity index (χ4v) is 1.63. The zero-order valence-corrected chi connectivity index (χ0v) is 10.4. The van der Waals surface area contributed by atoms with Gasteiger partial charge in [0.05, 0.1) is 5.02 Å². The van der Waals surface area contributed by atoms with Crippen molar-refractivity contribution in [3.63, 3.8) is 0 Å². The van der Waals surface area contributed by atoms with Crippen LogP contribution in [0.25, 0.3) is 0 Å². The predicted octanol–water partition coefficient (Wildman–Crippen LogP) is 4.03. The molecular weight excluding hydrogens is 227 g/mol. The molecule has 0 aliphatic heterocycles. The van der Waals surface area contributed by atoms with Gasteiger partial charge in [0.25, 0.3) is 0 Å². The van der Waals surface area contributed by atoms with Crippen molar-refractivity contribution in [1.82, 2.24) is 0 Å². The van der Waals surface area contributed by atoms with Crippen LogP contribution in [0.4, 0.5) is 4.39 Å². The van der Waals surface area contributed by atoms with Gasteiger partial charge in [-0.15, -0.1) is 0 Å². The van der Waals surface area contributed by atoms with E-state index in [0.29, 0.717) is 17.9 Å². The van der Waals surface area contributed by atoms with Gasteiger partial charge < -0.3 is 0 Å². The van der Waals surface area contributed by atoms with E-state index in [-0.39, 0.29) is 17.2 Å². The molecule has 1 aromatic rings. The number of halogens is 2. The Labute approximate surface area is 101 Å². The molecule has 1 rings (SSSR count). The summed E-state index contributed by atoms with van der Waals surface area (Å²) in [5.74, 6) is 0.156. The highest BCUT2D eigenvalue weighted by molar-refractivity contribution is 6.31. The van der Waals surface area contributed by atoms with Crippen molar-refractivity contribution in [2.24, 2.45) is 5.92 Å². The van der Waals surface area contributed by atoms with Crippen molar-refractivity contribution in [2.45, 2.75) is 33.1 Å². The van der Waals surface area contributed by atoms with E-state index in [1.807, 2.05) is 0 Å². The summed E-state index contributed by atoms with van der Waals surface area (Å²) in [6, 6.07) is 4.56. The molecule has 0 spiro atoms. The second-order valence-corrected chi connectivity index (χ2v) is 4.74. The molecule has 3 heteroatoms. The Bertz CT molecular complexity index is 374. The third-order valence-electron chi connectivity index (χ3n) is 2.42. The summed E-state index contributed by atoms with van der Waals surface area (Å²) in [5, 5.41) is 0.0698. The van der Waals surface area contributed by atoms with Crippen molar-refractivity contribution in [1.29, 1.82) is 0 Å². The number of Topliss-reactive ketones (excluding diaryl/α,β-unsaturated/α-hetero) is 1. The van der Waals surface area contributed by atoms with Crippen molar-refractivity contribution >= 4 is 17.4 Å². The van der Waals surface area contributed by atoms with Crippen LogP contribution >= 0.6 is 11.6 Å². The molecular formula is C13H16ClFO. The zero-order valence-electron chi connectivity index (χ0n) is 9.59. The highest BCUT2D eigenvalue weighted by atomic mass is 35.5. The highest BCUT2D eigenvalue weighted by Gasteiger charge is 2.10. The molecule has 16 heavy (non-hydrogen) atoms. The SMILES string of the molecule is CC(C)CCC(=O)Cc1cccc(F)c1Cl. The highest BCUT2D eigenvalue weighted by Crippen LogP contribution is 2.20. The van der Waals surface area contributed by atoms with Crippen LogP contribution in [0.15, 0.2) is 18.2 Å². The molecule has 0 atom stereocenters. The Morgan fingerprint density at radius 2 is 2.12 bits per heavy atom. The Balaban J connectivity index is 2.59. The first-order valence-corrected chi connectivity index (χ1v) is 5.83. The fraction of sp³-hybridized carbons (Fsp3) is 0.462. The maximum atomic E-state index is 13.1. The molecule has 0 saturated heterocycles. The van der Waals surface area contributed by atoms with Crippen molar-refractivity contribution in [3.05, 3.63) is 34.6 Å². The number of hydrogen-bond acceptors (Lipinski definition) is 1. The number of rotatable bonds is 5. The molecule has 0 aliphatic rings. The first-order valence-electron chi connectivity index (χ1n) is 5.45. The van der Waals surface area contributed by atoms with Gasteiger partial charge in [-0.2, -0.15) is 0 Å². The lowest BCUT2D eigenvalue weighted by molar-refractivity contribution is -0.118. The van der Waals surface area contributed by atoms with Crippen molar-refractivity contribution in [2.75, 3.05) is 0 Å². The van der Waals surface area contributed by atoms with Crippen LogP contribution in [0.5, 0.6) is 0 Å². The van der Waals surface area contributed by atoms with Gasteiger partial charge >= 0.3 is 0 Å². The van der Waals surface area contributed by atoms with E-state index >= 15 is 0 Å². The largest absolute Gasteiger partial charge is 0.299 e. The molecule has 88 valence electrons. The van der Waals surface area contributed by atoms with Gasteiger partial charge in [0.15, 0.2) is 0 Å². The van der Waals surface area contributed by atoms with Gasteiger partial charge in [-0.1, -0.05) is 37.6 Å². The van der Waals surface area contributed by atoms with Crippen molar-refractivity contribution in [3.8, 4) is 0 Å². The summed E-state index contributed by atoms with van der Waals surface area (Å²) in [6.07, 6.45) is 1.62. The number of ketones is 1. The van der Waals surface area contributed by atoms with E-state index in [9.17, 15) is 9.18 Å². The average Bonchev–Trinajstić information content (AvgIpc) is 2.22. The van der Waals surface area contributed by atoms with Gasteiger partial charge in [-0.05, 0) is 24.0 Å². The molecule has 0 heterocycles. The summed E-state index contributed by atoms with van der Waals surface area (Å²) in [5.41, 5.74) is 0.579. The molecule has 0 aliphatic carbocycles. The van der Waals surface area contributed by atoms with E-state index < -0.39 is 5.82 Å². The number of benzene rings is 1. The minimum absolute atomic E-state index is 0.0698. The Morgan fingerprint density at radius 3 is 2.75 bits per heavy atom. The molecule has 0 bridgehead atoms. The lowest BCUT2D eigenvalue weighted by Gasteiger charge is -2.06. The Kier molecular flexibility index (Phi) is 4.94. The molecule has 0 N–H and O–H groups in total. The van der Waals surface area contributed by atoms with Crippen LogP contribution < -0.4 is 0 Å². The third kappa shape index (κ3) is 3.93. The average molecular weight is 243 g/mol. The van der Waals surface area contributed by atoms with E-state index in [1.165, 1.54) is 6.07 Å². The lowest BCUT2D eigenvalue weighted by Crippen LogP contribution is -2.05. The van der Waals surface area contributed by atoms with E-state index in [1.54, 1.807) is 12.1 Å². The monoisotopic (exact) mass is 242 g/mol. The van der Waals surface area contributed by atoms with Crippen molar-refractivity contribution < 1.29 is 9.18 Å². The zero-order chi connectivity index (χ0) is 12.1. The minimum Gasteiger partial charge on any atom is -0.299 e. The van der Waals surface area contributed by atoms with Crippen LogP contribution in [0, 0.1) is 11.7 Å². The molecule has 0 radical (unpaired) electrons. The van der Waals surface area contributed by atoms with E-state index in [2.05, 4.69) is 13.8 Å². The van der Waals surface area contributed by atoms with Crippen LogP contribution in [0.2, 0.25) is 5.02 Å². The summed E-state index contributed by atoms with van der Waals surface area (Å²) >= 11 is 5.77. The van der Waals surface area contributed by atoms with E-state index in [0.717, 1.165) is 6.42 Å². The van der Waals surface area contributed by atoms with Crippen LogP contribution in [0.1, 0.15) is 32.3 Å². The maximum absolute atomic E-state index is 13.1. The molecule has 0 amide bonds. The standard InChI is InChI=1S/C13H16ClFO/c1-9(2)6-7-11(16)8-10-4-3-5-12(15)13(10)14/h3-5,9H,6-8H2,1-2H3. The lowest BCUT2D eigenvalue weighted by atomic mass is 10.0. The van der Waals surface area contributed by atoms with Crippen LogP contribution in [0.3, 0.4) is 0 Å². The Morgan fingerprint density at radius 1 is 1.44 bits per heavy atom.